The maximum absolute atomic E-state index is 8.88. The van der Waals surface area contributed by atoms with Crippen molar-refractivity contribution in [2.24, 2.45) is 0 Å². The van der Waals surface area contributed by atoms with Crippen molar-refractivity contribution in [2.45, 2.75) is 79.3 Å². The minimum Gasteiger partial charge on any atom is -0.382 e. The van der Waals surface area contributed by atoms with E-state index in [2.05, 4.69) is 71.9 Å². The van der Waals surface area contributed by atoms with Crippen LogP contribution in [-0.4, -0.2) is 121 Å². The maximum Gasteiger partial charge on any atom is 0.466 e. The number of aromatic nitrogens is 2. The molecule has 2 unspecified atom stereocenters. The molecule has 9 N–H and O–H groups in total. The minimum absolute atomic E-state index is 0.442. The van der Waals surface area contributed by atoms with E-state index in [-0.39, 0.29) is 0 Å². The predicted octanol–water partition coefficient (Wildman–Crippen LogP) is 7.39. The minimum atomic E-state index is -4.67. The van der Waals surface area contributed by atoms with Gasteiger partial charge in [-0.1, -0.05) is 50.9 Å². The van der Waals surface area contributed by atoms with E-state index in [4.69, 9.17) is 77.5 Å². The van der Waals surface area contributed by atoms with Gasteiger partial charge in [-0.05, 0) is 127 Å². The molecule has 0 aliphatic rings. The molecule has 0 radical (unpaired) electrons. The summed E-state index contributed by atoms with van der Waals surface area (Å²) in [4.78, 5) is 35.3. The second kappa shape index (κ2) is 28.7. The number of nitrogens with one attached hydrogen (secondary N) is 2. The summed E-state index contributed by atoms with van der Waals surface area (Å²) in [6.45, 7) is 20.2. The number of phosphoric acid groups is 1. The van der Waals surface area contributed by atoms with Crippen LogP contribution in [0.1, 0.15) is 67.2 Å². The smallest absolute Gasteiger partial charge is 0.382 e. The first-order chi connectivity index (χ1) is 27.3. The maximum atomic E-state index is 8.88. The molecule has 0 aliphatic heterocycles. The molecule has 4 rings (SSSR count). The number of hydrogen-bond acceptors (Lipinski definition) is 11. The van der Waals surface area contributed by atoms with Crippen LogP contribution < -0.4 is 10.6 Å². The van der Waals surface area contributed by atoms with Gasteiger partial charge in [0.25, 0.3) is 0 Å². The van der Waals surface area contributed by atoms with Crippen LogP contribution in [0.2, 0.25) is 10.0 Å². The Morgan fingerprint density at radius 2 is 0.915 bits per heavy atom. The van der Waals surface area contributed by atoms with E-state index in [1.165, 1.54) is 25.9 Å². The first kappa shape index (κ1) is 56.2. The van der Waals surface area contributed by atoms with Gasteiger partial charge in [-0.2, -0.15) is 16.8 Å². The zero-order valence-corrected chi connectivity index (χ0v) is 38.0. The molecule has 0 saturated heterocycles. The molecule has 0 aliphatic carbocycles. The van der Waals surface area contributed by atoms with E-state index in [0.29, 0.717) is 12.1 Å². The Bertz CT molecular complexity index is 1920. The van der Waals surface area contributed by atoms with Crippen LogP contribution in [0.3, 0.4) is 0 Å². The van der Waals surface area contributed by atoms with E-state index in [9.17, 15) is 0 Å². The molecule has 2 atom stereocenters. The number of halogens is 2. The summed E-state index contributed by atoms with van der Waals surface area (Å²) < 4.78 is 72.0. The predicted molar refractivity (Wildman–Crippen MR) is 236 cm³/mol. The fourth-order valence-electron chi connectivity index (χ4n) is 5.49. The number of hydrogen-bond donors (Lipinski definition) is 9. The lowest BCUT2D eigenvalue weighted by atomic mass is 10.1. The average molecular weight is 934 g/mol. The number of pyridine rings is 2. The number of fused-ring (bicyclic) bond motifs is 2. The molecule has 18 nitrogen and oxygen atoms in total. The van der Waals surface area contributed by atoms with Crippen molar-refractivity contribution < 1.29 is 54.3 Å². The Kier molecular flexibility index (Phi) is 27.3. The first-order valence-electron chi connectivity index (χ1n) is 18.5. The molecule has 59 heavy (non-hydrogen) atoms. The van der Waals surface area contributed by atoms with E-state index in [0.717, 1.165) is 82.2 Å². The van der Waals surface area contributed by atoms with Crippen LogP contribution >= 0.6 is 31.0 Å². The molecule has 2 aromatic heterocycles. The van der Waals surface area contributed by atoms with Gasteiger partial charge in [0.05, 0.1) is 11.0 Å². The van der Waals surface area contributed by atoms with Gasteiger partial charge in [-0.3, -0.25) is 28.2 Å². The van der Waals surface area contributed by atoms with Crippen molar-refractivity contribution in [3.63, 3.8) is 0 Å². The molecule has 0 spiro atoms. The molecule has 0 amide bonds. The van der Waals surface area contributed by atoms with Gasteiger partial charge in [0.15, 0.2) is 0 Å². The average Bonchev–Trinajstić information content (AvgIpc) is 3.10. The molecular weight excluding hydrogens is 874 g/mol. The lowest BCUT2D eigenvalue weighted by molar-refractivity contribution is 0.275. The van der Waals surface area contributed by atoms with Crippen molar-refractivity contribution in [3.8, 4) is 0 Å². The normalized spacial score (nSPS) is 12.5. The summed E-state index contributed by atoms with van der Waals surface area (Å²) in [6.07, 6.45) is 8.42. The first-order valence-corrected chi connectivity index (χ1v) is 23.6. The Morgan fingerprint density at radius 3 is 1.19 bits per heavy atom. The molecule has 336 valence electrons. The Morgan fingerprint density at radius 1 is 0.627 bits per heavy atom. The molecule has 2 aromatic carbocycles. The highest BCUT2D eigenvalue weighted by Gasteiger charge is 2.09. The topological polar surface area (TPSA) is 283 Å². The second-order valence-corrected chi connectivity index (χ2v) is 16.6. The fraction of sp³-hybridized carbons (Fsp3) is 0.500. The second-order valence-electron chi connectivity index (χ2n) is 12.9. The standard InChI is InChI=1S/2C18H26ClN3.H3O4P.2H2O4S/c2*1-4-22(5-2)12-6-7-14(3)21-17-10-11-20-18-13-15(19)8-9-16(17)18;3*1-5(2,3)4/h2*8-11,13-14H,4-7,12H2,1-3H3,(H,20,21);(H3,1,2,3,4);2*(H2,1,2,3,4). The summed E-state index contributed by atoms with van der Waals surface area (Å²) in [7, 11) is -14.0. The highest BCUT2D eigenvalue weighted by Crippen LogP contribution is 2.27. The largest absolute Gasteiger partial charge is 0.466 e. The molecule has 0 bridgehead atoms. The highest BCUT2D eigenvalue weighted by molar-refractivity contribution is 7.80. The third-order valence-electron chi connectivity index (χ3n) is 8.23. The number of benzene rings is 2. The lowest BCUT2D eigenvalue weighted by Crippen LogP contribution is -2.25. The van der Waals surface area contributed by atoms with Crippen LogP contribution in [0, 0.1) is 0 Å². The Labute approximate surface area is 357 Å². The van der Waals surface area contributed by atoms with Gasteiger partial charge < -0.3 is 35.1 Å². The number of anilines is 2. The molecule has 2 heterocycles. The van der Waals surface area contributed by atoms with Crippen LogP contribution in [0.15, 0.2) is 60.9 Å². The van der Waals surface area contributed by atoms with Gasteiger partial charge in [0, 0.05) is 56.7 Å². The monoisotopic (exact) mass is 932 g/mol. The van der Waals surface area contributed by atoms with E-state index in [1.807, 2.05) is 60.9 Å². The zero-order valence-electron chi connectivity index (χ0n) is 34.0. The Hall–Kier alpha value is -2.79. The van der Waals surface area contributed by atoms with E-state index < -0.39 is 28.6 Å². The lowest BCUT2D eigenvalue weighted by Gasteiger charge is -2.20. The third-order valence-corrected chi connectivity index (χ3v) is 8.70. The van der Waals surface area contributed by atoms with Crippen LogP contribution in [0.4, 0.5) is 11.4 Å². The van der Waals surface area contributed by atoms with Crippen LogP contribution in [-0.2, 0) is 25.4 Å². The van der Waals surface area contributed by atoms with Crippen molar-refractivity contribution in [2.75, 3.05) is 49.9 Å². The summed E-state index contributed by atoms with van der Waals surface area (Å²) >= 11 is 12.1. The van der Waals surface area contributed by atoms with Crippen LogP contribution in [0.25, 0.3) is 21.8 Å². The van der Waals surface area contributed by atoms with Crippen molar-refractivity contribution in [3.05, 3.63) is 71.0 Å². The number of nitrogens with zero attached hydrogens (tertiary/aromatic N) is 4. The number of rotatable bonds is 16. The summed E-state index contributed by atoms with van der Waals surface area (Å²) in [5, 5.41) is 10.9. The summed E-state index contributed by atoms with van der Waals surface area (Å²) in [5.74, 6) is 0. The van der Waals surface area contributed by atoms with Crippen LogP contribution in [0.5, 0.6) is 0 Å². The molecule has 0 fully saturated rings. The SMILES string of the molecule is CCN(CC)CCCC(C)Nc1ccnc2cc(Cl)ccc12.CCN(CC)CCCC(C)Nc1ccnc2cc(Cl)ccc12.O=P(O)(O)O.O=S(=O)(O)O.O=S(=O)(O)O. The van der Waals surface area contributed by atoms with E-state index in [1.54, 1.807) is 0 Å². The van der Waals surface area contributed by atoms with Gasteiger partial charge in [-0.15, -0.1) is 0 Å². The van der Waals surface area contributed by atoms with Gasteiger partial charge >= 0.3 is 28.6 Å². The molecule has 0 saturated carbocycles. The van der Waals surface area contributed by atoms with E-state index >= 15 is 0 Å². The quantitative estimate of drug-likeness (QED) is 0.0391. The molecular formula is C36H59Cl2N6O12PS2. The Balaban J connectivity index is 0.000000850. The summed E-state index contributed by atoms with van der Waals surface area (Å²) in [5.41, 5.74) is 4.15. The molecule has 4 aromatic rings. The molecule has 23 heteroatoms. The van der Waals surface area contributed by atoms with Gasteiger partial charge in [0.2, 0.25) is 0 Å². The zero-order chi connectivity index (χ0) is 45.4. The third kappa shape index (κ3) is 30.8. The van der Waals surface area contributed by atoms with Gasteiger partial charge in [-0.25, -0.2) is 4.57 Å². The fourth-order valence-corrected chi connectivity index (χ4v) is 5.82. The van der Waals surface area contributed by atoms with Crippen molar-refractivity contribution in [1.29, 1.82) is 0 Å². The highest BCUT2D eigenvalue weighted by atomic mass is 35.5. The van der Waals surface area contributed by atoms with Gasteiger partial charge in [0.1, 0.15) is 0 Å². The van der Waals surface area contributed by atoms with Crippen molar-refractivity contribution in [1.82, 2.24) is 19.8 Å². The summed E-state index contributed by atoms with van der Waals surface area (Å²) in [6, 6.07) is 16.7. The van der Waals surface area contributed by atoms with Crippen molar-refractivity contribution >= 4 is 85.0 Å².